The van der Waals surface area contributed by atoms with Gasteiger partial charge in [0.2, 0.25) is 0 Å². The van der Waals surface area contributed by atoms with Gasteiger partial charge in [-0.1, -0.05) is 24.1 Å². The van der Waals surface area contributed by atoms with E-state index in [-0.39, 0.29) is 0 Å². The van der Waals surface area contributed by atoms with Crippen LogP contribution in [0.5, 0.6) is 5.75 Å². The molecule has 0 spiro atoms. The number of methoxy groups -OCH3 is 1. The Balaban J connectivity index is 1.79. The minimum Gasteiger partial charge on any atom is -0.497 e. The summed E-state index contributed by atoms with van der Waals surface area (Å²) in [4.78, 5) is 5.91. The summed E-state index contributed by atoms with van der Waals surface area (Å²) in [6.07, 6.45) is 7.72. The molecular weight excluding hydrogens is 354 g/mol. The summed E-state index contributed by atoms with van der Waals surface area (Å²) < 4.78 is 7.41. The zero-order valence-electron chi connectivity index (χ0n) is 15.2. The lowest BCUT2D eigenvalue weighted by Crippen LogP contribution is -2.03. The number of fused-ring (bicyclic) bond motifs is 1. The zero-order valence-corrected chi connectivity index (χ0v) is 16.0. The van der Waals surface area contributed by atoms with Gasteiger partial charge in [0.25, 0.3) is 0 Å². The van der Waals surface area contributed by atoms with Crippen molar-refractivity contribution >= 4 is 22.8 Å². The third kappa shape index (κ3) is 3.16. The fourth-order valence-corrected chi connectivity index (χ4v) is 3.95. The van der Waals surface area contributed by atoms with E-state index in [0.29, 0.717) is 6.54 Å². The predicted octanol–water partition coefficient (Wildman–Crippen LogP) is 4.97. The van der Waals surface area contributed by atoms with E-state index in [1.807, 2.05) is 41.9 Å². The van der Waals surface area contributed by atoms with E-state index in [2.05, 4.69) is 34.7 Å². The predicted molar refractivity (Wildman–Crippen MR) is 111 cm³/mol. The van der Waals surface area contributed by atoms with Gasteiger partial charge in [0.1, 0.15) is 22.9 Å². The average Bonchev–Trinajstić information content (AvgIpc) is 3.31. The molecule has 0 amide bonds. The summed E-state index contributed by atoms with van der Waals surface area (Å²) in [6, 6.07) is 14.1. The zero-order chi connectivity index (χ0) is 18.8. The van der Waals surface area contributed by atoms with Crippen molar-refractivity contribution in [2.45, 2.75) is 13.5 Å². The largest absolute Gasteiger partial charge is 0.497 e. The first-order valence-corrected chi connectivity index (χ1v) is 9.48. The summed E-state index contributed by atoms with van der Waals surface area (Å²) in [5, 5.41) is 5.56. The van der Waals surface area contributed by atoms with Gasteiger partial charge in [-0.25, -0.2) is 4.98 Å². The van der Waals surface area contributed by atoms with Crippen LogP contribution >= 0.6 is 11.3 Å². The molecular formula is C22H19N3OS. The number of hydrogen-bond acceptors (Lipinski definition) is 4. The number of hydrogen-bond donors (Lipinski definition) is 1. The van der Waals surface area contributed by atoms with Crippen molar-refractivity contribution < 1.29 is 4.74 Å². The highest BCUT2D eigenvalue weighted by Crippen LogP contribution is 2.35. The molecule has 4 aromatic rings. The summed E-state index contributed by atoms with van der Waals surface area (Å²) in [5.74, 6) is 4.55. The Kier molecular flexibility index (Phi) is 4.57. The minimum absolute atomic E-state index is 0.655. The number of imidazole rings is 1. The van der Waals surface area contributed by atoms with Crippen molar-refractivity contribution in [1.82, 2.24) is 9.38 Å². The third-order valence-corrected chi connectivity index (χ3v) is 5.40. The van der Waals surface area contributed by atoms with Gasteiger partial charge in [-0.05, 0) is 47.7 Å². The first kappa shape index (κ1) is 17.2. The molecule has 4 rings (SSSR count). The van der Waals surface area contributed by atoms with E-state index >= 15 is 0 Å². The van der Waals surface area contributed by atoms with Crippen molar-refractivity contribution in [1.29, 1.82) is 0 Å². The molecule has 0 aliphatic heterocycles. The Bertz CT molecular complexity index is 1150. The summed E-state index contributed by atoms with van der Waals surface area (Å²) in [5.41, 5.74) is 4.93. The lowest BCUT2D eigenvalue weighted by Gasteiger charge is -2.10. The number of aryl methyl sites for hydroxylation is 1. The second kappa shape index (κ2) is 7.18. The van der Waals surface area contributed by atoms with Crippen molar-refractivity contribution in [2.75, 3.05) is 12.4 Å². The number of terminal acetylenes is 1. The second-order valence-corrected chi connectivity index (χ2v) is 7.12. The highest BCUT2D eigenvalue weighted by atomic mass is 32.1. The van der Waals surface area contributed by atoms with Gasteiger partial charge in [-0.15, -0.1) is 17.8 Å². The van der Waals surface area contributed by atoms with Crippen LogP contribution in [0.3, 0.4) is 0 Å². The molecule has 0 aliphatic carbocycles. The topological polar surface area (TPSA) is 38.6 Å². The number of ether oxygens (including phenoxy) is 1. The van der Waals surface area contributed by atoms with Crippen molar-refractivity contribution in [3.8, 4) is 28.7 Å². The molecule has 0 unspecified atom stereocenters. The lowest BCUT2D eigenvalue weighted by molar-refractivity contribution is 0.414. The van der Waals surface area contributed by atoms with E-state index in [9.17, 15) is 0 Å². The van der Waals surface area contributed by atoms with Gasteiger partial charge < -0.3 is 10.1 Å². The maximum absolute atomic E-state index is 5.69. The highest BCUT2D eigenvalue weighted by molar-refractivity contribution is 7.13. The molecule has 0 radical (unpaired) electrons. The molecule has 4 nitrogen and oxygen atoms in total. The Labute approximate surface area is 162 Å². The third-order valence-electron chi connectivity index (χ3n) is 4.48. The number of nitrogens with one attached hydrogen (secondary N) is 1. The quantitative estimate of drug-likeness (QED) is 0.502. The Hall–Kier alpha value is -3.23. The fourth-order valence-electron chi connectivity index (χ4n) is 3.11. The number of aromatic nitrogens is 2. The van der Waals surface area contributed by atoms with Crippen LogP contribution in [-0.4, -0.2) is 16.5 Å². The van der Waals surface area contributed by atoms with Crippen LogP contribution in [0.25, 0.3) is 16.2 Å². The van der Waals surface area contributed by atoms with Gasteiger partial charge in [-0.2, -0.15) is 0 Å². The molecule has 0 aliphatic rings. The molecule has 0 fully saturated rings. The van der Waals surface area contributed by atoms with E-state index in [4.69, 9.17) is 16.1 Å². The molecule has 5 heteroatoms. The van der Waals surface area contributed by atoms with Gasteiger partial charge in [0.15, 0.2) is 0 Å². The molecule has 0 saturated heterocycles. The molecule has 3 aromatic heterocycles. The molecule has 0 saturated carbocycles. The summed E-state index contributed by atoms with van der Waals surface area (Å²) in [6.45, 7) is 2.72. The number of nitrogens with zero attached hydrogens (tertiary/aromatic N) is 2. The number of pyridine rings is 1. The maximum Gasteiger partial charge on any atom is 0.142 e. The molecule has 134 valence electrons. The van der Waals surface area contributed by atoms with Gasteiger partial charge in [0, 0.05) is 18.3 Å². The molecule has 3 heterocycles. The van der Waals surface area contributed by atoms with Crippen LogP contribution in [-0.2, 0) is 6.54 Å². The highest BCUT2D eigenvalue weighted by Gasteiger charge is 2.18. The Morgan fingerprint density at radius 3 is 2.96 bits per heavy atom. The molecule has 0 atom stereocenters. The first-order valence-electron chi connectivity index (χ1n) is 8.60. The Morgan fingerprint density at radius 1 is 1.26 bits per heavy atom. The number of benzene rings is 1. The van der Waals surface area contributed by atoms with Crippen LogP contribution in [0.2, 0.25) is 0 Å². The van der Waals surface area contributed by atoms with Crippen molar-refractivity contribution in [3.63, 3.8) is 0 Å². The average molecular weight is 373 g/mol. The fraction of sp³-hybridized carbons (Fsp3) is 0.136. The molecule has 27 heavy (non-hydrogen) atoms. The van der Waals surface area contributed by atoms with Crippen LogP contribution in [0.4, 0.5) is 5.82 Å². The molecule has 1 N–H and O–H groups in total. The van der Waals surface area contributed by atoms with Crippen LogP contribution in [0, 0.1) is 19.3 Å². The van der Waals surface area contributed by atoms with Crippen LogP contribution in [0.15, 0.2) is 54.0 Å². The Morgan fingerprint density at radius 2 is 2.15 bits per heavy atom. The van der Waals surface area contributed by atoms with E-state index in [1.54, 1.807) is 18.4 Å². The standard InChI is InChI=1S/C22H19N3OS/c1-4-17-10-12-27-20(17)19-22(25-11-6-7-15(2)21(25)24-19)23-14-16-8-5-9-18(13-16)26-3/h1,5-13,23H,14H2,2-3H3. The minimum atomic E-state index is 0.655. The monoisotopic (exact) mass is 373 g/mol. The van der Waals surface area contributed by atoms with Crippen LogP contribution < -0.4 is 10.1 Å². The van der Waals surface area contributed by atoms with Gasteiger partial charge in [-0.3, -0.25) is 4.40 Å². The summed E-state index contributed by atoms with van der Waals surface area (Å²) in [7, 11) is 1.68. The second-order valence-electron chi connectivity index (χ2n) is 6.21. The maximum atomic E-state index is 5.69. The van der Waals surface area contributed by atoms with E-state index in [0.717, 1.165) is 44.5 Å². The lowest BCUT2D eigenvalue weighted by atomic mass is 10.2. The number of anilines is 1. The number of thiophene rings is 1. The van der Waals surface area contributed by atoms with E-state index < -0.39 is 0 Å². The van der Waals surface area contributed by atoms with Gasteiger partial charge in [0.05, 0.1) is 12.0 Å². The number of rotatable bonds is 5. The normalized spacial score (nSPS) is 10.7. The SMILES string of the molecule is C#Cc1ccsc1-c1nc2c(C)cccn2c1NCc1cccc(OC)c1. The van der Waals surface area contributed by atoms with Crippen LogP contribution in [0.1, 0.15) is 16.7 Å². The summed E-state index contributed by atoms with van der Waals surface area (Å²) >= 11 is 1.61. The van der Waals surface area contributed by atoms with E-state index in [1.165, 1.54) is 0 Å². The van der Waals surface area contributed by atoms with Gasteiger partial charge >= 0.3 is 0 Å². The molecule has 0 bridgehead atoms. The first-order chi connectivity index (χ1) is 13.2. The van der Waals surface area contributed by atoms with Crippen molar-refractivity contribution in [3.05, 3.63) is 70.7 Å². The smallest absolute Gasteiger partial charge is 0.142 e. The van der Waals surface area contributed by atoms with Crippen molar-refractivity contribution in [2.24, 2.45) is 0 Å². The molecule has 1 aromatic carbocycles.